The van der Waals surface area contributed by atoms with E-state index >= 15 is 0 Å². The predicted molar refractivity (Wildman–Crippen MR) is 131 cm³/mol. The van der Waals surface area contributed by atoms with Crippen molar-refractivity contribution >= 4 is 11.9 Å². The molecule has 16 atom stereocenters. The van der Waals surface area contributed by atoms with E-state index in [4.69, 9.17) is 23.7 Å². The fourth-order valence-corrected chi connectivity index (χ4v) is 6.12. The normalized spacial score (nSPS) is 47.7. The smallest absolute Gasteiger partial charge is 0.364 e. The molecule has 0 aromatic rings. The van der Waals surface area contributed by atoms with E-state index < -0.39 is 136 Å². The fraction of sp³-hybridized carbons (Fsp3) is 0.917. The number of fused-ring (bicyclic) bond motifs is 1. The molecule has 43 heavy (non-hydrogen) atoms. The first kappa shape index (κ1) is 34.2. The Hall–Kier alpha value is -1.66. The summed E-state index contributed by atoms with van der Waals surface area (Å²) in [4.78, 5) is 26.1. The maximum Gasteiger partial charge on any atom is 0.364 e. The van der Waals surface area contributed by atoms with Crippen LogP contribution in [0, 0.1) is 5.92 Å². The molecule has 4 saturated heterocycles. The van der Waals surface area contributed by atoms with Gasteiger partial charge in [-0.1, -0.05) is 0 Å². The van der Waals surface area contributed by atoms with E-state index in [-0.39, 0.29) is 6.54 Å². The van der Waals surface area contributed by atoms with Gasteiger partial charge in [0, 0.05) is 25.8 Å². The first-order chi connectivity index (χ1) is 20.2. The lowest BCUT2D eigenvalue weighted by Crippen LogP contribution is -2.68. The Morgan fingerprint density at radius 3 is 2.14 bits per heavy atom. The molecule has 11 N–H and O–H groups in total. The Morgan fingerprint density at radius 1 is 0.930 bits per heavy atom. The van der Waals surface area contributed by atoms with Crippen molar-refractivity contribution in [1.82, 2.24) is 4.90 Å². The standard InChI is InChI=1S/C24H39NO18/c1-7(29)25-3-8(10(31)4-26)18-13(25)9(30)2-24(42-18,23(37)38)43-20-14(32)11(5-27)40-22(17(20)35)41-19-12(6-28)39-21(36)16(34)15(19)33/h8-22,26-28,30-36H,2-6H2,1H3,(H,37,38)/t8-,9?,10?,11?,12?,13?,14?,15?,16?,17?,18?,19?,20?,21?,22?,24?/m1/s1. The molecule has 1 amide bonds. The van der Waals surface area contributed by atoms with Crippen LogP contribution in [-0.4, -0.2) is 191 Å². The van der Waals surface area contributed by atoms with Crippen molar-refractivity contribution in [3.63, 3.8) is 0 Å². The molecule has 0 radical (unpaired) electrons. The third-order valence-corrected chi connectivity index (χ3v) is 8.41. The third-order valence-electron chi connectivity index (χ3n) is 8.41. The van der Waals surface area contributed by atoms with E-state index in [1.165, 1.54) is 6.92 Å². The van der Waals surface area contributed by atoms with E-state index in [0.29, 0.717) is 0 Å². The number of aliphatic hydroxyl groups is 10. The predicted octanol–water partition coefficient (Wildman–Crippen LogP) is -7.24. The highest BCUT2D eigenvalue weighted by atomic mass is 16.8. The molecule has 0 aromatic carbocycles. The number of ether oxygens (including phenoxy) is 5. The van der Waals surface area contributed by atoms with Gasteiger partial charge >= 0.3 is 5.97 Å². The number of amides is 1. The van der Waals surface area contributed by atoms with Gasteiger partial charge in [-0.05, 0) is 0 Å². The average Bonchev–Trinajstić information content (AvgIpc) is 3.36. The van der Waals surface area contributed by atoms with Crippen LogP contribution in [0.5, 0.6) is 0 Å². The molecule has 0 aromatic heterocycles. The van der Waals surface area contributed by atoms with E-state index in [0.717, 1.165) is 4.90 Å². The number of rotatable bonds is 9. The number of nitrogens with zero attached hydrogens (tertiary/aromatic N) is 1. The number of hydrogen-bond donors (Lipinski definition) is 11. The van der Waals surface area contributed by atoms with Crippen molar-refractivity contribution in [3.8, 4) is 0 Å². The van der Waals surface area contributed by atoms with Crippen LogP contribution in [-0.2, 0) is 33.3 Å². The molecule has 0 spiro atoms. The van der Waals surface area contributed by atoms with E-state index in [1.807, 2.05) is 0 Å². The zero-order chi connectivity index (χ0) is 32.0. The molecular formula is C24H39NO18. The van der Waals surface area contributed by atoms with Crippen LogP contribution in [0.15, 0.2) is 0 Å². The van der Waals surface area contributed by atoms with Gasteiger partial charge in [0.2, 0.25) is 5.91 Å². The Kier molecular flexibility index (Phi) is 10.6. The largest absolute Gasteiger partial charge is 0.477 e. The van der Waals surface area contributed by atoms with E-state index in [9.17, 15) is 65.8 Å². The minimum Gasteiger partial charge on any atom is -0.477 e. The van der Waals surface area contributed by atoms with Crippen molar-refractivity contribution in [2.24, 2.45) is 5.92 Å². The Balaban J connectivity index is 1.63. The number of carboxylic acids is 1. The Labute approximate surface area is 243 Å². The van der Waals surface area contributed by atoms with Crippen molar-refractivity contribution in [3.05, 3.63) is 0 Å². The summed E-state index contributed by atoms with van der Waals surface area (Å²) in [5.74, 6) is -6.26. The third kappa shape index (κ3) is 6.26. The number of aliphatic carboxylic acids is 1. The van der Waals surface area contributed by atoms with Gasteiger partial charge in [-0.25, -0.2) is 4.79 Å². The molecule has 4 fully saturated rings. The molecule has 4 rings (SSSR count). The minimum absolute atomic E-state index is 0.206. The molecule has 248 valence electrons. The lowest BCUT2D eigenvalue weighted by atomic mass is 9.87. The number of hydrogen-bond acceptors (Lipinski definition) is 17. The van der Waals surface area contributed by atoms with Crippen molar-refractivity contribution in [2.45, 2.75) is 105 Å². The van der Waals surface area contributed by atoms with Crippen LogP contribution in [0.3, 0.4) is 0 Å². The van der Waals surface area contributed by atoms with Crippen molar-refractivity contribution in [2.75, 3.05) is 26.4 Å². The van der Waals surface area contributed by atoms with Gasteiger partial charge in [-0.15, -0.1) is 0 Å². The molecule has 4 aliphatic heterocycles. The first-order valence-corrected chi connectivity index (χ1v) is 13.6. The topological polar surface area (TPSA) is 306 Å². The van der Waals surface area contributed by atoms with Gasteiger partial charge in [0.15, 0.2) is 12.6 Å². The lowest BCUT2D eigenvalue weighted by Gasteiger charge is -2.50. The number of aliphatic hydroxyl groups excluding tert-OH is 10. The molecule has 15 unspecified atom stereocenters. The zero-order valence-electron chi connectivity index (χ0n) is 22.9. The summed E-state index contributed by atoms with van der Waals surface area (Å²) in [5.41, 5.74) is 0. The van der Waals surface area contributed by atoms with Gasteiger partial charge in [0.1, 0.15) is 48.8 Å². The fourth-order valence-electron chi connectivity index (χ4n) is 6.12. The minimum atomic E-state index is -2.82. The summed E-state index contributed by atoms with van der Waals surface area (Å²) < 4.78 is 27.4. The second-order valence-electron chi connectivity index (χ2n) is 11.1. The number of carbonyl (C=O) groups is 2. The SMILES string of the molecule is CC(=O)N1C[C@H](C(O)CO)C2OC(OC3C(O)C(CO)OC(OC4C(CO)OC(O)C(O)C4O)C3O)(C(=O)O)CC(O)C21. The van der Waals surface area contributed by atoms with Crippen LogP contribution in [0.25, 0.3) is 0 Å². The average molecular weight is 630 g/mol. The van der Waals surface area contributed by atoms with Crippen LogP contribution in [0.1, 0.15) is 13.3 Å². The monoisotopic (exact) mass is 629 g/mol. The molecule has 19 nitrogen and oxygen atoms in total. The van der Waals surface area contributed by atoms with Gasteiger partial charge in [0.25, 0.3) is 5.79 Å². The van der Waals surface area contributed by atoms with Crippen molar-refractivity contribution < 1.29 is 89.4 Å². The van der Waals surface area contributed by atoms with Crippen LogP contribution < -0.4 is 0 Å². The molecule has 0 bridgehead atoms. The lowest BCUT2D eigenvalue weighted by molar-refractivity contribution is -0.383. The summed E-state index contributed by atoms with van der Waals surface area (Å²) in [6, 6.07) is -1.14. The van der Waals surface area contributed by atoms with Gasteiger partial charge < -0.3 is 84.8 Å². The van der Waals surface area contributed by atoms with Gasteiger partial charge in [0.05, 0.1) is 44.2 Å². The second kappa shape index (κ2) is 13.4. The molecule has 19 heteroatoms. The maximum atomic E-state index is 12.6. The van der Waals surface area contributed by atoms with Crippen LogP contribution >= 0.6 is 0 Å². The molecule has 0 aliphatic carbocycles. The molecule has 4 heterocycles. The summed E-state index contributed by atoms with van der Waals surface area (Å²) in [6.07, 6.45) is -23.8. The Bertz CT molecular complexity index is 988. The summed E-state index contributed by atoms with van der Waals surface area (Å²) in [5, 5.41) is 113. The Morgan fingerprint density at radius 2 is 1.58 bits per heavy atom. The summed E-state index contributed by atoms with van der Waals surface area (Å²) in [6.45, 7) is -1.57. The van der Waals surface area contributed by atoms with Crippen molar-refractivity contribution in [1.29, 1.82) is 0 Å². The number of carbonyl (C=O) groups excluding carboxylic acids is 1. The number of likely N-dealkylation sites (tertiary alicyclic amines) is 1. The highest BCUT2D eigenvalue weighted by molar-refractivity contribution is 5.77. The molecule has 0 saturated carbocycles. The molecule has 4 aliphatic rings. The summed E-state index contributed by atoms with van der Waals surface area (Å²) in [7, 11) is 0. The molecular weight excluding hydrogens is 590 g/mol. The highest BCUT2D eigenvalue weighted by Gasteiger charge is 2.63. The number of carboxylic acid groups (broad SMARTS) is 1. The zero-order valence-corrected chi connectivity index (χ0v) is 22.9. The first-order valence-electron chi connectivity index (χ1n) is 13.6. The van der Waals surface area contributed by atoms with E-state index in [1.54, 1.807) is 0 Å². The van der Waals surface area contributed by atoms with E-state index in [2.05, 4.69) is 0 Å². The van der Waals surface area contributed by atoms with Crippen LogP contribution in [0.4, 0.5) is 0 Å². The summed E-state index contributed by atoms with van der Waals surface area (Å²) >= 11 is 0. The highest BCUT2D eigenvalue weighted by Crippen LogP contribution is 2.43. The second-order valence-corrected chi connectivity index (χ2v) is 11.1. The quantitative estimate of drug-likeness (QED) is 0.113. The van der Waals surface area contributed by atoms with Gasteiger partial charge in [-0.3, -0.25) is 4.79 Å². The maximum absolute atomic E-state index is 12.6. The van der Waals surface area contributed by atoms with Crippen LogP contribution in [0.2, 0.25) is 0 Å². The van der Waals surface area contributed by atoms with Gasteiger partial charge in [-0.2, -0.15) is 0 Å².